The van der Waals surface area contributed by atoms with E-state index in [2.05, 4.69) is 22.8 Å². The van der Waals surface area contributed by atoms with Gasteiger partial charge in [-0.25, -0.2) is 4.98 Å². The average molecular weight is 173 g/mol. The van der Waals surface area contributed by atoms with Crippen molar-refractivity contribution in [3.05, 3.63) is 10.6 Å². The van der Waals surface area contributed by atoms with Gasteiger partial charge in [0.25, 0.3) is 5.95 Å². The molecule has 1 aromatic heterocycles. The fraction of sp³-hybridized carbons (Fsp3) is 0.400. The molecular formula is C5H7N3O2S. The van der Waals surface area contributed by atoms with E-state index in [1.807, 2.05) is 0 Å². The Morgan fingerprint density at radius 3 is 2.73 bits per heavy atom. The molecule has 1 heterocycles. The molecule has 0 aromatic carbocycles. The third-order valence-corrected chi connectivity index (χ3v) is 1.76. The van der Waals surface area contributed by atoms with E-state index < -0.39 is 0 Å². The standard InChI is InChI=1S/C5H7N3O2S/c1-8-3(2-9)4(11)6-5(8)7-10/h9,11H,2H2,1H3. The molecule has 5 nitrogen and oxygen atoms in total. The molecule has 0 atom stereocenters. The molecule has 0 aliphatic carbocycles. The van der Waals surface area contributed by atoms with Crippen LogP contribution in [-0.2, 0) is 13.7 Å². The van der Waals surface area contributed by atoms with Crippen LogP contribution in [0.25, 0.3) is 0 Å². The van der Waals surface area contributed by atoms with Gasteiger partial charge in [0.05, 0.1) is 12.3 Å². The molecule has 1 N–H and O–H groups in total. The molecule has 0 saturated carbocycles. The van der Waals surface area contributed by atoms with Crippen LogP contribution in [0, 0.1) is 4.91 Å². The number of thiol groups is 1. The zero-order chi connectivity index (χ0) is 8.43. The lowest BCUT2D eigenvalue weighted by atomic mass is 10.5. The molecule has 0 saturated heterocycles. The fourth-order valence-corrected chi connectivity index (χ4v) is 1.07. The number of aromatic nitrogens is 2. The molecule has 0 unspecified atom stereocenters. The van der Waals surface area contributed by atoms with Gasteiger partial charge in [-0.3, -0.25) is 0 Å². The van der Waals surface area contributed by atoms with Crippen LogP contribution in [0.2, 0.25) is 0 Å². The van der Waals surface area contributed by atoms with Crippen LogP contribution in [0.15, 0.2) is 10.2 Å². The molecule has 0 radical (unpaired) electrons. The molecule has 1 aromatic rings. The zero-order valence-electron chi connectivity index (χ0n) is 5.85. The summed E-state index contributed by atoms with van der Waals surface area (Å²) in [4.78, 5) is 13.7. The Morgan fingerprint density at radius 2 is 2.45 bits per heavy atom. The summed E-state index contributed by atoms with van der Waals surface area (Å²) in [6, 6.07) is 0. The molecular weight excluding hydrogens is 166 g/mol. The third kappa shape index (κ3) is 1.26. The second-order valence-electron chi connectivity index (χ2n) is 1.99. The second kappa shape index (κ2) is 3.02. The summed E-state index contributed by atoms with van der Waals surface area (Å²) in [5, 5.41) is 11.7. The second-order valence-corrected chi connectivity index (χ2v) is 2.41. The Hall–Kier alpha value is -0.880. The number of imidazole rings is 1. The Bertz CT molecular complexity index is 284. The maximum Gasteiger partial charge on any atom is 0.272 e. The average Bonchev–Trinajstić information content (AvgIpc) is 2.26. The van der Waals surface area contributed by atoms with Crippen molar-refractivity contribution in [2.45, 2.75) is 11.6 Å². The topological polar surface area (TPSA) is 67.5 Å². The van der Waals surface area contributed by atoms with E-state index in [0.717, 1.165) is 0 Å². The number of nitroso groups, excluding NO2 is 1. The van der Waals surface area contributed by atoms with Crippen LogP contribution in [-0.4, -0.2) is 14.7 Å². The summed E-state index contributed by atoms with van der Waals surface area (Å²) in [6.45, 7) is -0.197. The van der Waals surface area contributed by atoms with Gasteiger partial charge in [0.1, 0.15) is 5.03 Å². The van der Waals surface area contributed by atoms with Crippen LogP contribution in [0.5, 0.6) is 0 Å². The van der Waals surface area contributed by atoms with Gasteiger partial charge in [-0.15, -0.1) is 17.5 Å². The molecule has 6 heteroatoms. The van der Waals surface area contributed by atoms with Gasteiger partial charge in [0, 0.05) is 12.2 Å². The zero-order valence-corrected chi connectivity index (χ0v) is 6.75. The summed E-state index contributed by atoms with van der Waals surface area (Å²) in [5.41, 5.74) is 0.489. The van der Waals surface area contributed by atoms with Crippen molar-refractivity contribution in [3.8, 4) is 0 Å². The SMILES string of the molecule is Cn1c(N=O)nc(S)c1CO. The minimum Gasteiger partial charge on any atom is -0.390 e. The van der Waals surface area contributed by atoms with Crippen LogP contribution in [0.3, 0.4) is 0 Å². The Kier molecular flexibility index (Phi) is 2.25. The molecule has 1 rings (SSSR count). The first-order valence-electron chi connectivity index (χ1n) is 2.89. The number of aliphatic hydroxyl groups excluding tert-OH is 1. The van der Waals surface area contributed by atoms with Gasteiger partial charge >= 0.3 is 0 Å². The highest BCUT2D eigenvalue weighted by Crippen LogP contribution is 2.19. The number of rotatable bonds is 2. The van der Waals surface area contributed by atoms with E-state index >= 15 is 0 Å². The molecule has 0 fully saturated rings. The lowest BCUT2D eigenvalue weighted by Gasteiger charge is -1.96. The predicted molar refractivity (Wildman–Crippen MR) is 41.8 cm³/mol. The molecule has 0 spiro atoms. The van der Waals surface area contributed by atoms with Crippen molar-refractivity contribution < 1.29 is 5.11 Å². The Labute approximate surface area is 68.4 Å². The van der Waals surface area contributed by atoms with E-state index in [1.165, 1.54) is 4.57 Å². The number of nitrogens with zero attached hydrogens (tertiary/aromatic N) is 3. The predicted octanol–water partition coefficient (Wildman–Crippen LogP) is 0.599. The van der Waals surface area contributed by atoms with Crippen molar-refractivity contribution in [2.75, 3.05) is 0 Å². The van der Waals surface area contributed by atoms with E-state index in [-0.39, 0.29) is 12.6 Å². The minimum absolute atomic E-state index is 0.0269. The Balaban J connectivity index is 3.24. The van der Waals surface area contributed by atoms with Crippen molar-refractivity contribution in [3.63, 3.8) is 0 Å². The van der Waals surface area contributed by atoms with Crippen LogP contribution in [0.4, 0.5) is 5.95 Å². The highest BCUT2D eigenvalue weighted by molar-refractivity contribution is 7.80. The lowest BCUT2D eigenvalue weighted by molar-refractivity contribution is 0.269. The van der Waals surface area contributed by atoms with E-state index in [9.17, 15) is 4.91 Å². The summed E-state index contributed by atoms with van der Waals surface area (Å²) in [6.07, 6.45) is 0. The van der Waals surface area contributed by atoms with Gasteiger partial charge in [-0.1, -0.05) is 0 Å². The monoisotopic (exact) mass is 173 g/mol. The number of aliphatic hydroxyl groups is 1. The summed E-state index contributed by atoms with van der Waals surface area (Å²) in [5.74, 6) is 0.0269. The largest absolute Gasteiger partial charge is 0.390 e. The van der Waals surface area contributed by atoms with Gasteiger partial charge in [-0.2, -0.15) is 0 Å². The van der Waals surface area contributed by atoms with E-state index in [1.54, 1.807) is 7.05 Å². The van der Waals surface area contributed by atoms with E-state index in [4.69, 9.17) is 5.11 Å². The smallest absolute Gasteiger partial charge is 0.272 e. The maximum absolute atomic E-state index is 10.1. The molecule has 11 heavy (non-hydrogen) atoms. The molecule has 60 valence electrons. The first-order valence-corrected chi connectivity index (χ1v) is 3.34. The van der Waals surface area contributed by atoms with E-state index in [0.29, 0.717) is 10.7 Å². The maximum atomic E-state index is 10.1. The van der Waals surface area contributed by atoms with Crippen molar-refractivity contribution in [1.82, 2.24) is 9.55 Å². The quantitative estimate of drug-likeness (QED) is 0.508. The van der Waals surface area contributed by atoms with Crippen LogP contribution in [0.1, 0.15) is 5.69 Å². The Morgan fingerprint density at radius 1 is 1.82 bits per heavy atom. The normalized spacial score (nSPS) is 10.1. The molecule has 0 aliphatic heterocycles. The molecule has 0 aliphatic rings. The first kappa shape index (κ1) is 8.22. The highest BCUT2D eigenvalue weighted by atomic mass is 32.1. The van der Waals surface area contributed by atoms with Crippen LogP contribution < -0.4 is 0 Å². The highest BCUT2D eigenvalue weighted by Gasteiger charge is 2.10. The first-order chi connectivity index (χ1) is 5.20. The van der Waals surface area contributed by atoms with Gasteiger partial charge in [0.15, 0.2) is 0 Å². The van der Waals surface area contributed by atoms with Crippen molar-refractivity contribution in [1.29, 1.82) is 0 Å². The molecule has 0 bridgehead atoms. The summed E-state index contributed by atoms with van der Waals surface area (Å²) < 4.78 is 1.40. The lowest BCUT2D eigenvalue weighted by Crippen LogP contribution is -1.95. The van der Waals surface area contributed by atoms with Crippen LogP contribution >= 0.6 is 12.6 Å². The van der Waals surface area contributed by atoms with Crippen molar-refractivity contribution in [2.24, 2.45) is 12.2 Å². The number of hydrogen-bond donors (Lipinski definition) is 2. The summed E-state index contributed by atoms with van der Waals surface area (Å²) >= 11 is 3.93. The minimum atomic E-state index is -0.197. The van der Waals surface area contributed by atoms with Gasteiger partial charge < -0.3 is 9.67 Å². The van der Waals surface area contributed by atoms with Gasteiger partial charge in [0.2, 0.25) is 0 Å². The fourth-order valence-electron chi connectivity index (χ4n) is 0.763. The summed E-state index contributed by atoms with van der Waals surface area (Å²) in [7, 11) is 1.59. The van der Waals surface area contributed by atoms with Gasteiger partial charge in [-0.05, 0) is 0 Å². The number of hydrogen-bond acceptors (Lipinski definition) is 5. The van der Waals surface area contributed by atoms with Crippen molar-refractivity contribution >= 4 is 18.6 Å². The molecule has 0 amide bonds. The third-order valence-electron chi connectivity index (χ3n) is 1.40.